The summed E-state index contributed by atoms with van der Waals surface area (Å²) in [5, 5.41) is 3.33. The maximum Gasteiger partial charge on any atom is 0.140 e. The van der Waals surface area contributed by atoms with Crippen LogP contribution in [0.3, 0.4) is 0 Å². The van der Waals surface area contributed by atoms with Crippen molar-refractivity contribution in [1.82, 2.24) is 15.0 Å². The van der Waals surface area contributed by atoms with Crippen LogP contribution in [0.1, 0.15) is 17.1 Å². The molecule has 0 aliphatic heterocycles. The van der Waals surface area contributed by atoms with Crippen molar-refractivity contribution in [1.29, 1.82) is 0 Å². The van der Waals surface area contributed by atoms with Crippen LogP contribution in [0.15, 0.2) is 54.9 Å². The van der Waals surface area contributed by atoms with Gasteiger partial charge in [0.1, 0.15) is 24.0 Å². The Bertz CT molecular complexity index is 794. The molecule has 0 amide bonds. The molecule has 0 spiro atoms. The fourth-order valence-electron chi connectivity index (χ4n) is 2.08. The van der Waals surface area contributed by atoms with Gasteiger partial charge >= 0.3 is 0 Å². The van der Waals surface area contributed by atoms with E-state index in [2.05, 4.69) is 42.9 Å². The Morgan fingerprint density at radius 1 is 1.08 bits per heavy atom. The molecule has 2 heterocycles. The molecular weight excluding hydrogens is 415 g/mol. The van der Waals surface area contributed by atoms with Crippen molar-refractivity contribution < 1.29 is 4.74 Å². The van der Waals surface area contributed by atoms with Gasteiger partial charge in [0.25, 0.3) is 0 Å². The van der Waals surface area contributed by atoms with Crippen LogP contribution in [0.25, 0.3) is 0 Å². The van der Waals surface area contributed by atoms with Crippen molar-refractivity contribution in [3.8, 4) is 5.75 Å². The highest BCUT2D eigenvalue weighted by molar-refractivity contribution is 14.1. The van der Waals surface area contributed by atoms with Gasteiger partial charge in [0.05, 0.1) is 10.1 Å². The highest BCUT2D eigenvalue weighted by atomic mass is 127. The van der Waals surface area contributed by atoms with E-state index < -0.39 is 0 Å². The summed E-state index contributed by atoms with van der Waals surface area (Å²) in [6, 6.07) is 13.6. The number of pyridine rings is 1. The number of nitrogens with zero attached hydrogens (tertiary/aromatic N) is 3. The summed E-state index contributed by atoms with van der Waals surface area (Å²) in [6.07, 6.45) is 3.60. The SMILES string of the molecule is Cc1cnc(CI)nc1Nc1ccc(OCc2ccccn2)cc1. The normalized spacial score (nSPS) is 10.4. The van der Waals surface area contributed by atoms with Gasteiger partial charge in [0.2, 0.25) is 0 Å². The predicted molar refractivity (Wildman–Crippen MR) is 103 cm³/mol. The fourth-order valence-corrected chi connectivity index (χ4v) is 2.45. The van der Waals surface area contributed by atoms with E-state index in [1.165, 1.54) is 0 Å². The van der Waals surface area contributed by atoms with Crippen LogP contribution in [0, 0.1) is 6.92 Å². The van der Waals surface area contributed by atoms with Crippen LogP contribution in [0.4, 0.5) is 11.5 Å². The lowest BCUT2D eigenvalue weighted by Crippen LogP contribution is -2.01. The largest absolute Gasteiger partial charge is 0.487 e. The average molecular weight is 432 g/mol. The molecule has 2 aromatic heterocycles. The number of hydrogen-bond acceptors (Lipinski definition) is 5. The molecule has 0 saturated carbocycles. The zero-order chi connectivity index (χ0) is 16.8. The third-order valence-corrected chi connectivity index (χ3v) is 4.05. The summed E-state index contributed by atoms with van der Waals surface area (Å²) in [5.41, 5.74) is 2.88. The Kier molecular flexibility index (Phi) is 5.58. The van der Waals surface area contributed by atoms with E-state index in [1.807, 2.05) is 55.6 Å². The van der Waals surface area contributed by atoms with Crippen molar-refractivity contribution in [3.63, 3.8) is 0 Å². The standard InChI is InChI=1S/C18H17IN4O/c1-13-11-21-17(10-19)23-18(13)22-14-5-7-16(8-6-14)24-12-15-4-2-3-9-20-15/h2-9,11H,10,12H2,1H3,(H,21,22,23). The summed E-state index contributed by atoms with van der Waals surface area (Å²) in [7, 11) is 0. The smallest absolute Gasteiger partial charge is 0.140 e. The number of aryl methyl sites for hydroxylation is 1. The second-order valence-corrected chi connectivity index (χ2v) is 5.97. The predicted octanol–water partition coefficient (Wildman–Crippen LogP) is 4.44. The van der Waals surface area contributed by atoms with Crippen LogP contribution in [0.5, 0.6) is 5.75 Å². The molecule has 24 heavy (non-hydrogen) atoms. The maximum atomic E-state index is 5.74. The van der Waals surface area contributed by atoms with Gasteiger partial charge in [-0.25, -0.2) is 9.97 Å². The third-order valence-electron chi connectivity index (χ3n) is 3.37. The molecule has 1 N–H and O–H groups in total. The molecule has 122 valence electrons. The highest BCUT2D eigenvalue weighted by Gasteiger charge is 2.04. The van der Waals surface area contributed by atoms with Crippen LogP contribution in [0.2, 0.25) is 0 Å². The number of anilines is 2. The number of benzene rings is 1. The monoisotopic (exact) mass is 432 g/mol. The molecule has 3 aromatic rings. The molecule has 6 heteroatoms. The fraction of sp³-hybridized carbons (Fsp3) is 0.167. The van der Waals surface area contributed by atoms with Crippen LogP contribution < -0.4 is 10.1 Å². The van der Waals surface area contributed by atoms with Crippen LogP contribution in [-0.2, 0) is 11.0 Å². The summed E-state index contributed by atoms with van der Waals surface area (Å²) in [5.74, 6) is 2.45. The van der Waals surface area contributed by atoms with Gasteiger partial charge in [0.15, 0.2) is 0 Å². The van der Waals surface area contributed by atoms with E-state index in [1.54, 1.807) is 6.20 Å². The number of hydrogen-bond donors (Lipinski definition) is 1. The van der Waals surface area contributed by atoms with Crippen molar-refractivity contribution in [2.24, 2.45) is 0 Å². The van der Waals surface area contributed by atoms with E-state index >= 15 is 0 Å². The van der Waals surface area contributed by atoms with Gasteiger partial charge in [-0.3, -0.25) is 4.98 Å². The molecule has 0 bridgehead atoms. The molecule has 0 unspecified atom stereocenters. The Hall–Kier alpha value is -2.22. The van der Waals surface area contributed by atoms with Gasteiger partial charge in [-0.05, 0) is 43.3 Å². The zero-order valence-electron chi connectivity index (χ0n) is 13.2. The first-order valence-corrected chi connectivity index (χ1v) is 9.05. The molecular formula is C18H17IN4O. The van der Waals surface area contributed by atoms with E-state index in [0.717, 1.165) is 38.8 Å². The molecule has 0 aliphatic carbocycles. The molecule has 0 saturated heterocycles. The van der Waals surface area contributed by atoms with Gasteiger partial charge < -0.3 is 10.1 Å². The van der Waals surface area contributed by atoms with Gasteiger partial charge in [-0.15, -0.1) is 0 Å². The van der Waals surface area contributed by atoms with Crippen LogP contribution in [-0.4, -0.2) is 15.0 Å². The third kappa shape index (κ3) is 4.41. The lowest BCUT2D eigenvalue weighted by atomic mass is 10.2. The van der Waals surface area contributed by atoms with E-state index in [-0.39, 0.29) is 0 Å². The number of alkyl halides is 1. The van der Waals surface area contributed by atoms with Gasteiger partial charge in [0, 0.05) is 23.6 Å². The molecule has 0 aliphatic rings. The average Bonchev–Trinajstić information content (AvgIpc) is 2.64. The summed E-state index contributed by atoms with van der Waals surface area (Å²) < 4.78 is 6.53. The second kappa shape index (κ2) is 8.05. The highest BCUT2D eigenvalue weighted by Crippen LogP contribution is 2.21. The minimum atomic E-state index is 0.456. The zero-order valence-corrected chi connectivity index (χ0v) is 15.4. The van der Waals surface area contributed by atoms with E-state index in [0.29, 0.717) is 6.61 Å². The van der Waals surface area contributed by atoms with Gasteiger partial charge in [-0.1, -0.05) is 28.7 Å². The van der Waals surface area contributed by atoms with Crippen molar-refractivity contribution in [3.05, 3.63) is 71.9 Å². The van der Waals surface area contributed by atoms with Gasteiger partial charge in [-0.2, -0.15) is 0 Å². The first-order chi connectivity index (χ1) is 11.7. The Labute approximate surface area is 154 Å². The number of aromatic nitrogens is 3. The van der Waals surface area contributed by atoms with Crippen molar-refractivity contribution in [2.75, 3.05) is 5.32 Å². The van der Waals surface area contributed by atoms with E-state index in [4.69, 9.17) is 4.74 Å². The number of rotatable bonds is 6. The summed E-state index contributed by atoms with van der Waals surface area (Å²) >= 11 is 2.26. The minimum absolute atomic E-state index is 0.456. The lowest BCUT2D eigenvalue weighted by Gasteiger charge is -2.10. The van der Waals surface area contributed by atoms with E-state index in [9.17, 15) is 0 Å². The Morgan fingerprint density at radius 2 is 1.92 bits per heavy atom. The summed E-state index contributed by atoms with van der Waals surface area (Å²) in [6.45, 7) is 2.45. The molecule has 0 atom stereocenters. The number of nitrogens with one attached hydrogen (secondary N) is 1. The molecule has 1 aromatic carbocycles. The number of ether oxygens (including phenoxy) is 1. The van der Waals surface area contributed by atoms with Crippen molar-refractivity contribution >= 4 is 34.1 Å². The molecule has 3 rings (SSSR count). The lowest BCUT2D eigenvalue weighted by molar-refractivity contribution is 0.301. The molecule has 5 nitrogen and oxygen atoms in total. The quantitative estimate of drug-likeness (QED) is 0.461. The molecule has 0 fully saturated rings. The Morgan fingerprint density at radius 3 is 2.62 bits per heavy atom. The second-order valence-electron chi connectivity index (χ2n) is 5.21. The first kappa shape index (κ1) is 16.6. The topological polar surface area (TPSA) is 59.9 Å². The maximum absolute atomic E-state index is 5.74. The Balaban J connectivity index is 1.64. The molecule has 0 radical (unpaired) electrons. The minimum Gasteiger partial charge on any atom is -0.487 e. The summed E-state index contributed by atoms with van der Waals surface area (Å²) in [4.78, 5) is 13.0. The first-order valence-electron chi connectivity index (χ1n) is 7.53. The van der Waals surface area contributed by atoms with Crippen LogP contribution >= 0.6 is 22.6 Å². The number of halogens is 1. The van der Waals surface area contributed by atoms with Crippen molar-refractivity contribution in [2.45, 2.75) is 18.0 Å².